The molecule has 0 amide bonds. The summed E-state index contributed by atoms with van der Waals surface area (Å²) in [5, 5.41) is 3.40. The van der Waals surface area contributed by atoms with Crippen molar-refractivity contribution < 1.29 is 9.15 Å². The van der Waals surface area contributed by atoms with Crippen molar-refractivity contribution in [3.05, 3.63) is 41.8 Å². The second-order valence-corrected chi connectivity index (χ2v) is 5.74. The standard InChI is InChI=1S/C17H22N2O2/c1-3-12(2)13-4-8-16(9-5-13)21-17-19-15(11-20-17)10-18-14-6-7-14/h4-5,8-9,11-12,14,18H,3,6-7,10H2,1-2H3. The maximum atomic E-state index is 5.64. The molecule has 1 saturated carbocycles. The molecular weight excluding hydrogens is 264 g/mol. The van der Waals surface area contributed by atoms with Crippen LogP contribution >= 0.6 is 0 Å². The molecule has 1 fully saturated rings. The average Bonchev–Trinajstić information content (AvgIpc) is 3.25. The lowest BCUT2D eigenvalue weighted by atomic mass is 9.99. The first kappa shape index (κ1) is 14.1. The van der Waals surface area contributed by atoms with Crippen molar-refractivity contribution in [2.24, 2.45) is 0 Å². The number of hydrogen-bond donors (Lipinski definition) is 1. The minimum Gasteiger partial charge on any atom is -0.417 e. The van der Waals surface area contributed by atoms with Crippen LogP contribution in [0.3, 0.4) is 0 Å². The Bertz CT molecular complexity index is 573. The summed E-state index contributed by atoms with van der Waals surface area (Å²) in [6.07, 6.45) is 5.63. The summed E-state index contributed by atoms with van der Waals surface area (Å²) in [6.45, 7) is 5.16. The van der Waals surface area contributed by atoms with Crippen LogP contribution in [-0.2, 0) is 6.54 Å². The van der Waals surface area contributed by atoms with Crippen molar-refractivity contribution in [2.45, 2.75) is 51.6 Å². The molecule has 1 N–H and O–H groups in total. The molecule has 4 heteroatoms. The Labute approximate surface area is 125 Å². The van der Waals surface area contributed by atoms with Crippen LogP contribution in [0, 0.1) is 0 Å². The first-order valence-electron chi connectivity index (χ1n) is 7.70. The van der Waals surface area contributed by atoms with Gasteiger partial charge in [-0.3, -0.25) is 0 Å². The van der Waals surface area contributed by atoms with Gasteiger partial charge in [0.1, 0.15) is 12.0 Å². The summed E-state index contributed by atoms with van der Waals surface area (Å²) >= 11 is 0. The molecule has 1 heterocycles. The van der Waals surface area contributed by atoms with E-state index in [2.05, 4.69) is 36.3 Å². The van der Waals surface area contributed by atoms with E-state index in [4.69, 9.17) is 9.15 Å². The number of nitrogens with one attached hydrogen (secondary N) is 1. The molecule has 1 aromatic heterocycles. The normalized spacial score (nSPS) is 15.9. The van der Waals surface area contributed by atoms with Gasteiger partial charge in [-0.1, -0.05) is 26.0 Å². The van der Waals surface area contributed by atoms with Gasteiger partial charge in [-0.15, -0.1) is 0 Å². The third kappa shape index (κ3) is 3.85. The van der Waals surface area contributed by atoms with E-state index < -0.39 is 0 Å². The fourth-order valence-electron chi connectivity index (χ4n) is 2.15. The lowest BCUT2D eigenvalue weighted by molar-refractivity contribution is 0.330. The molecule has 0 bridgehead atoms. The van der Waals surface area contributed by atoms with E-state index in [1.165, 1.54) is 18.4 Å². The SMILES string of the molecule is CCC(C)c1ccc(Oc2nc(CNC3CC3)co2)cc1. The maximum Gasteiger partial charge on any atom is 0.399 e. The van der Waals surface area contributed by atoms with Crippen molar-refractivity contribution in [1.29, 1.82) is 0 Å². The zero-order valence-electron chi connectivity index (χ0n) is 12.6. The number of aromatic nitrogens is 1. The third-order valence-electron chi connectivity index (χ3n) is 3.95. The molecule has 4 nitrogen and oxygen atoms in total. The number of oxazole rings is 1. The van der Waals surface area contributed by atoms with E-state index in [1.54, 1.807) is 6.26 Å². The monoisotopic (exact) mass is 286 g/mol. The molecule has 1 aliphatic carbocycles. The van der Waals surface area contributed by atoms with Gasteiger partial charge in [0, 0.05) is 12.6 Å². The van der Waals surface area contributed by atoms with Crippen LogP contribution in [-0.4, -0.2) is 11.0 Å². The molecule has 0 aliphatic heterocycles. The summed E-state index contributed by atoms with van der Waals surface area (Å²) in [7, 11) is 0. The summed E-state index contributed by atoms with van der Waals surface area (Å²) < 4.78 is 11.0. The lowest BCUT2D eigenvalue weighted by Crippen LogP contribution is -2.15. The summed E-state index contributed by atoms with van der Waals surface area (Å²) in [5.41, 5.74) is 2.21. The highest BCUT2D eigenvalue weighted by atomic mass is 16.6. The molecular formula is C17H22N2O2. The molecule has 1 atom stereocenters. The van der Waals surface area contributed by atoms with E-state index >= 15 is 0 Å². The molecule has 1 aromatic carbocycles. The maximum absolute atomic E-state index is 5.64. The highest BCUT2D eigenvalue weighted by Crippen LogP contribution is 2.25. The van der Waals surface area contributed by atoms with Crippen molar-refractivity contribution in [3.63, 3.8) is 0 Å². The Kier molecular flexibility index (Phi) is 4.25. The van der Waals surface area contributed by atoms with Crippen molar-refractivity contribution in [2.75, 3.05) is 0 Å². The van der Waals surface area contributed by atoms with Crippen LogP contribution in [0.2, 0.25) is 0 Å². The number of nitrogens with zero attached hydrogens (tertiary/aromatic N) is 1. The number of hydrogen-bond acceptors (Lipinski definition) is 4. The Hall–Kier alpha value is -1.81. The fraction of sp³-hybridized carbons (Fsp3) is 0.471. The molecule has 112 valence electrons. The fourth-order valence-corrected chi connectivity index (χ4v) is 2.15. The van der Waals surface area contributed by atoms with Crippen LogP contribution < -0.4 is 10.1 Å². The third-order valence-corrected chi connectivity index (χ3v) is 3.95. The van der Waals surface area contributed by atoms with Gasteiger partial charge in [0.2, 0.25) is 0 Å². The van der Waals surface area contributed by atoms with Gasteiger partial charge in [0.15, 0.2) is 0 Å². The Morgan fingerprint density at radius 2 is 2.10 bits per heavy atom. The van der Waals surface area contributed by atoms with Gasteiger partial charge in [0.25, 0.3) is 0 Å². The smallest absolute Gasteiger partial charge is 0.399 e. The highest BCUT2D eigenvalue weighted by molar-refractivity contribution is 5.30. The van der Waals surface area contributed by atoms with Crippen LogP contribution in [0.1, 0.15) is 50.3 Å². The Morgan fingerprint density at radius 1 is 1.33 bits per heavy atom. The van der Waals surface area contributed by atoms with Crippen molar-refractivity contribution in [1.82, 2.24) is 10.3 Å². The summed E-state index contributed by atoms with van der Waals surface area (Å²) in [5.74, 6) is 1.33. The minimum atomic E-state index is 0.305. The molecule has 1 unspecified atom stereocenters. The Morgan fingerprint density at radius 3 is 2.76 bits per heavy atom. The summed E-state index contributed by atoms with van der Waals surface area (Å²) in [6, 6.07) is 8.80. The van der Waals surface area contributed by atoms with E-state index in [-0.39, 0.29) is 0 Å². The van der Waals surface area contributed by atoms with Gasteiger partial charge in [-0.05, 0) is 42.9 Å². The predicted octanol–water partition coefficient (Wildman–Crippen LogP) is 4.23. The lowest BCUT2D eigenvalue weighted by Gasteiger charge is -2.09. The topological polar surface area (TPSA) is 47.3 Å². The second-order valence-electron chi connectivity index (χ2n) is 5.74. The minimum absolute atomic E-state index is 0.305. The zero-order valence-corrected chi connectivity index (χ0v) is 12.6. The number of benzene rings is 1. The first-order chi connectivity index (χ1) is 10.2. The largest absolute Gasteiger partial charge is 0.417 e. The van der Waals surface area contributed by atoms with Crippen LogP contribution in [0.15, 0.2) is 34.9 Å². The molecule has 21 heavy (non-hydrogen) atoms. The molecule has 2 aromatic rings. The summed E-state index contributed by atoms with van der Waals surface area (Å²) in [4.78, 5) is 4.33. The molecule has 1 aliphatic rings. The van der Waals surface area contributed by atoms with Crippen molar-refractivity contribution in [3.8, 4) is 11.8 Å². The van der Waals surface area contributed by atoms with E-state index in [9.17, 15) is 0 Å². The quantitative estimate of drug-likeness (QED) is 0.827. The van der Waals surface area contributed by atoms with Gasteiger partial charge in [-0.2, -0.15) is 4.98 Å². The molecule has 0 saturated heterocycles. The second kappa shape index (κ2) is 6.31. The predicted molar refractivity (Wildman–Crippen MR) is 81.6 cm³/mol. The van der Waals surface area contributed by atoms with Crippen LogP contribution in [0.25, 0.3) is 0 Å². The molecule has 0 radical (unpaired) electrons. The molecule has 3 rings (SSSR count). The van der Waals surface area contributed by atoms with Crippen molar-refractivity contribution >= 4 is 0 Å². The van der Waals surface area contributed by atoms with Crippen LogP contribution in [0.5, 0.6) is 11.8 Å². The van der Waals surface area contributed by atoms with Gasteiger partial charge in [-0.25, -0.2) is 0 Å². The van der Waals surface area contributed by atoms with Gasteiger partial charge < -0.3 is 14.5 Å². The zero-order chi connectivity index (χ0) is 14.7. The van der Waals surface area contributed by atoms with Gasteiger partial charge in [0.05, 0.1) is 5.69 Å². The van der Waals surface area contributed by atoms with E-state index in [1.807, 2.05) is 12.1 Å². The molecule has 0 spiro atoms. The van der Waals surface area contributed by atoms with E-state index in [0.29, 0.717) is 18.0 Å². The number of rotatable bonds is 7. The first-order valence-corrected chi connectivity index (χ1v) is 7.70. The number of ether oxygens (including phenoxy) is 1. The van der Waals surface area contributed by atoms with E-state index in [0.717, 1.165) is 24.4 Å². The average molecular weight is 286 g/mol. The Balaban J connectivity index is 1.57. The van der Waals surface area contributed by atoms with Crippen LogP contribution in [0.4, 0.5) is 0 Å². The van der Waals surface area contributed by atoms with Gasteiger partial charge >= 0.3 is 6.08 Å². The highest BCUT2D eigenvalue weighted by Gasteiger charge is 2.20.